The standard InChI is InChI=1S/C19H28N2O4/c1-3-25-19(23)20-11-8-18(22)21-12-9-15(10-13-21)14-16-6-4-5-7-17(16)24-2/h4-7,15H,3,8-14H2,1-2H3,(H,20,23). The van der Waals surface area contributed by atoms with E-state index in [-0.39, 0.29) is 5.91 Å². The Morgan fingerprint density at radius 2 is 1.96 bits per heavy atom. The Morgan fingerprint density at radius 3 is 2.64 bits per heavy atom. The first-order valence-electron chi connectivity index (χ1n) is 8.94. The lowest BCUT2D eigenvalue weighted by molar-refractivity contribution is -0.132. The molecule has 2 amide bonds. The van der Waals surface area contributed by atoms with Gasteiger partial charge in [0.05, 0.1) is 13.7 Å². The van der Waals surface area contributed by atoms with Crippen molar-refractivity contribution in [2.45, 2.75) is 32.6 Å². The normalized spacial score (nSPS) is 14.9. The SMILES string of the molecule is CCOC(=O)NCCC(=O)N1CCC(Cc2ccccc2OC)CC1. The monoisotopic (exact) mass is 348 g/mol. The molecule has 2 rings (SSSR count). The first-order chi connectivity index (χ1) is 12.1. The number of para-hydroxylation sites is 1. The lowest BCUT2D eigenvalue weighted by Crippen LogP contribution is -2.40. The summed E-state index contributed by atoms with van der Waals surface area (Å²) >= 11 is 0. The van der Waals surface area contributed by atoms with E-state index in [1.807, 2.05) is 23.1 Å². The fourth-order valence-corrected chi connectivity index (χ4v) is 3.18. The van der Waals surface area contributed by atoms with Gasteiger partial charge in [-0.15, -0.1) is 0 Å². The molecule has 1 aliphatic heterocycles. The maximum absolute atomic E-state index is 12.2. The molecule has 1 aliphatic rings. The van der Waals surface area contributed by atoms with E-state index >= 15 is 0 Å². The number of likely N-dealkylation sites (tertiary alicyclic amines) is 1. The summed E-state index contributed by atoms with van der Waals surface area (Å²) in [5.74, 6) is 1.59. The molecule has 1 fully saturated rings. The summed E-state index contributed by atoms with van der Waals surface area (Å²) in [5.41, 5.74) is 1.23. The van der Waals surface area contributed by atoms with Crippen LogP contribution < -0.4 is 10.1 Å². The maximum atomic E-state index is 12.2. The second kappa shape index (κ2) is 9.91. The Balaban J connectivity index is 1.72. The minimum Gasteiger partial charge on any atom is -0.496 e. The molecule has 1 saturated heterocycles. The highest BCUT2D eigenvalue weighted by Gasteiger charge is 2.23. The largest absolute Gasteiger partial charge is 0.496 e. The summed E-state index contributed by atoms with van der Waals surface area (Å²) in [4.78, 5) is 25.3. The highest BCUT2D eigenvalue weighted by molar-refractivity contribution is 5.77. The molecular formula is C19H28N2O4. The van der Waals surface area contributed by atoms with E-state index in [1.54, 1.807) is 14.0 Å². The fraction of sp³-hybridized carbons (Fsp3) is 0.579. The first-order valence-corrected chi connectivity index (χ1v) is 8.94. The predicted octanol–water partition coefficient (Wildman–Crippen LogP) is 2.61. The Morgan fingerprint density at radius 1 is 1.24 bits per heavy atom. The zero-order valence-corrected chi connectivity index (χ0v) is 15.1. The van der Waals surface area contributed by atoms with Crippen molar-refractivity contribution >= 4 is 12.0 Å². The van der Waals surface area contributed by atoms with Crippen LogP contribution in [0.25, 0.3) is 0 Å². The van der Waals surface area contributed by atoms with E-state index in [2.05, 4.69) is 11.4 Å². The van der Waals surface area contributed by atoms with Crippen LogP contribution in [0.4, 0.5) is 4.79 Å². The van der Waals surface area contributed by atoms with E-state index in [4.69, 9.17) is 9.47 Å². The first kappa shape index (κ1) is 19.1. The number of carbonyl (C=O) groups is 2. The van der Waals surface area contributed by atoms with E-state index in [0.29, 0.717) is 25.5 Å². The van der Waals surface area contributed by atoms with E-state index < -0.39 is 6.09 Å². The molecule has 6 nitrogen and oxygen atoms in total. The molecule has 0 bridgehead atoms. The lowest BCUT2D eigenvalue weighted by Gasteiger charge is -2.32. The molecule has 0 atom stereocenters. The van der Waals surface area contributed by atoms with Gasteiger partial charge in [-0.1, -0.05) is 18.2 Å². The van der Waals surface area contributed by atoms with E-state index in [9.17, 15) is 9.59 Å². The third-order valence-corrected chi connectivity index (χ3v) is 4.55. The highest BCUT2D eigenvalue weighted by Crippen LogP contribution is 2.26. The number of benzene rings is 1. The van der Waals surface area contributed by atoms with Crippen LogP contribution in [0.3, 0.4) is 0 Å². The number of rotatable bonds is 7. The van der Waals surface area contributed by atoms with Crippen molar-refractivity contribution in [1.29, 1.82) is 0 Å². The molecule has 0 unspecified atom stereocenters. The predicted molar refractivity (Wildman–Crippen MR) is 95.6 cm³/mol. The molecule has 0 radical (unpaired) electrons. The molecule has 138 valence electrons. The van der Waals surface area contributed by atoms with Crippen LogP contribution in [-0.2, 0) is 16.0 Å². The molecular weight excluding hydrogens is 320 g/mol. The van der Waals surface area contributed by atoms with Crippen LogP contribution in [0.2, 0.25) is 0 Å². The van der Waals surface area contributed by atoms with Crippen molar-refractivity contribution in [3.05, 3.63) is 29.8 Å². The summed E-state index contributed by atoms with van der Waals surface area (Å²) in [5, 5.41) is 2.59. The Hall–Kier alpha value is -2.24. The molecule has 1 aromatic rings. The number of methoxy groups -OCH3 is 1. The van der Waals surface area contributed by atoms with Gasteiger partial charge in [-0.2, -0.15) is 0 Å². The smallest absolute Gasteiger partial charge is 0.407 e. The van der Waals surface area contributed by atoms with Crippen LogP contribution in [0, 0.1) is 5.92 Å². The number of carbonyl (C=O) groups excluding carboxylic acids is 2. The van der Waals surface area contributed by atoms with Crippen molar-refractivity contribution < 1.29 is 19.1 Å². The zero-order chi connectivity index (χ0) is 18.1. The third kappa shape index (κ3) is 5.96. The minimum atomic E-state index is -0.467. The average molecular weight is 348 g/mol. The lowest BCUT2D eigenvalue weighted by atomic mass is 9.89. The van der Waals surface area contributed by atoms with Crippen molar-refractivity contribution in [3.8, 4) is 5.75 Å². The van der Waals surface area contributed by atoms with Crippen molar-refractivity contribution in [2.24, 2.45) is 5.92 Å². The molecule has 6 heteroatoms. The molecule has 1 aromatic carbocycles. The number of nitrogens with zero attached hydrogens (tertiary/aromatic N) is 1. The summed E-state index contributed by atoms with van der Waals surface area (Å²) in [6.07, 6.45) is 2.82. The van der Waals surface area contributed by atoms with Crippen LogP contribution in [-0.4, -0.2) is 50.3 Å². The van der Waals surface area contributed by atoms with Crippen LogP contribution in [0.5, 0.6) is 5.75 Å². The van der Waals surface area contributed by atoms with Gasteiger partial charge in [0.25, 0.3) is 0 Å². The highest BCUT2D eigenvalue weighted by atomic mass is 16.5. The minimum absolute atomic E-state index is 0.0903. The molecule has 0 spiro atoms. The number of alkyl carbamates (subject to hydrolysis) is 1. The summed E-state index contributed by atoms with van der Waals surface area (Å²) in [7, 11) is 1.70. The van der Waals surface area contributed by atoms with E-state index in [1.165, 1.54) is 5.56 Å². The third-order valence-electron chi connectivity index (χ3n) is 4.55. The van der Waals surface area contributed by atoms with Crippen LogP contribution in [0.1, 0.15) is 31.7 Å². The van der Waals surface area contributed by atoms with Gasteiger partial charge in [-0.25, -0.2) is 4.79 Å². The Kier molecular flexibility index (Phi) is 7.57. The summed E-state index contributed by atoms with van der Waals surface area (Å²) < 4.78 is 10.2. The molecule has 1 heterocycles. The number of ether oxygens (including phenoxy) is 2. The maximum Gasteiger partial charge on any atom is 0.407 e. The number of amides is 2. The molecule has 0 aliphatic carbocycles. The molecule has 0 saturated carbocycles. The molecule has 0 aromatic heterocycles. The van der Waals surface area contributed by atoms with Gasteiger partial charge in [0, 0.05) is 26.1 Å². The summed E-state index contributed by atoms with van der Waals surface area (Å²) in [6.45, 7) is 3.95. The van der Waals surface area contributed by atoms with Gasteiger partial charge in [-0.3, -0.25) is 4.79 Å². The van der Waals surface area contributed by atoms with Gasteiger partial charge < -0.3 is 19.7 Å². The van der Waals surface area contributed by atoms with Crippen molar-refractivity contribution in [3.63, 3.8) is 0 Å². The quantitative estimate of drug-likeness (QED) is 0.822. The number of hydrogen-bond acceptors (Lipinski definition) is 4. The number of piperidine rings is 1. The van der Waals surface area contributed by atoms with E-state index in [0.717, 1.165) is 38.1 Å². The second-order valence-corrected chi connectivity index (χ2v) is 6.24. The topological polar surface area (TPSA) is 67.9 Å². The second-order valence-electron chi connectivity index (χ2n) is 6.24. The zero-order valence-electron chi connectivity index (χ0n) is 15.1. The van der Waals surface area contributed by atoms with Gasteiger partial charge in [-0.05, 0) is 43.7 Å². The van der Waals surface area contributed by atoms with Gasteiger partial charge in [0.2, 0.25) is 5.91 Å². The fourth-order valence-electron chi connectivity index (χ4n) is 3.18. The summed E-state index contributed by atoms with van der Waals surface area (Å²) in [6, 6.07) is 8.11. The van der Waals surface area contributed by atoms with Crippen LogP contribution >= 0.6 is 0 Å². The Labute approximate surface area is 149 Å². The number of hydrogen-bond donors (Lipinski definition) is 1. The Bertz CT molecular complexity index is 568. The average Bonchev–Trinajstić information content (AvgIpc) is 2.63. The number of nitrogens with one attached hydrogen (secondary N) is 1. The van der Waals surface area contributed by atoms with Crippen molar-refractivity contribution in [2.75, 3.05) is 33.4 Å². The van der Waals surface area contributed by atoms with Gasteiger partial charge >= 0.3 is 6.09 Å². The van der Waals surface area contributed by atoms with Gasteiger partial charge in [0.15, 0.2) is 0 Å². The van der Waals surface area contributed by atoms with Crippen molar-refractivity contribution in [1.82, 2.24) is 10.2 Å². The van der Waals surface area contributed by atoms with Gasteiger partial charge in [0.1, 0.15) is 5.75 Å². The van der Waals surface area contributed by atoms with Crippen LogP contribution in [0.15, 0.2) is 24.3 Å². The molecule has 25 heavy (non-hydrogen) atoms. The molecule has 1 N–H and O–H groups in total.